The molecule has 3 unspecified atom stereocenters. The van der Waals surface area contributed by atoms with E-state index in [-0.39, 0.29) is 24.8 Å². The summed E-state index contributed by atoms with van der Waals surface area (Å²) in [6.45, 7) is 14.0. The number of β-amino-alcohol motifs (C(OH)–C–C–N with tert-alkyl or cyclic N) is 1. The van der Waals surface area contributed by atoms with E-state index in [1.165, 1.54) is 4.90 Å². The molecule has 12 nitrogen and oxygen atoms in total. The van der Waals surface area contributed by atoms with Crippen molar-refractivity contribution in [2.24, 2.45) is 5.41 Å². The van der Waals surface area contributed by atoms with Crippen LogP contribution in [0.4, 0.5) is 0 Å². The Labute approximate surface area is 302 Å². The van der Waals surface area contributed by atoms with Crippen LogP contribution in [0.5, 0.6) is 0 Å². The second-order valence-electron chi connectivity index (χ2n) is 12.6. The van der Waals surface area contributed by atoms with E-state index in [0.717, 1.165) is 32.7 Å². The third-order valence-corrected chi connectivity index (χ3v) is 9.13. The van der Waals surface area contributed by atoms with E-state index in [4.69, 9.17) is 23.7 Å². The number of likely N-dealkylation sites (tertiary alicyclic amines) is 1. The van der Waals surface area contributed by atoms with Crippen molar-refractivity contribution in [3.8, 4) is 10.4 Å². The van der Waals surface area contributed by atoms with Crippen molar-refractivity contribution in [1.29, 1.82) is 0 Å². The van der Waals surface area contributed by atoms with Crippen LogP contribution in [-0.2, 0) is 39.8 Å². The molecule has 2 aromatic rings. The number of alkyl halides is 1. The summed E-state index contributed by atoms with van der Waals surface area (Å²) in [5, 5.41) is 16.8. The van der Waals surface area contributed by atoms with Gasteiger partial charge in [0.05, 0.1) is 94.3 Å². The molecule has 3 N–H and O–H groups in total. The van der Waals surface area contributed by atoms with Crippen LogP contribution in [-0.4, -0.2) is 129 Å². The minimum Gasteiger partial charge on any atom is -0.391 e. The van der Waals surface area contributed by atoms with Gasteiger partial charge in [-0.1, -0.05) is 67.6 Å². The zero-order valence-corrected chi connectivity index (χ0v) is 31.7. The molecule has 2 amide bonds. The molecule has 1 aromatic carbocycles. The van der Waals surface area contributed by atoms with Crippen LogP contribution < -0.4 is 10.6 Å². The topological polar surface area (TPSA) is 141 Å². The van der Waals surface area contributed by atoms with Gasteiger partial charge in [0.1, 0.15) is 6.04 Å². The molecule has 1 aromatic heterocycles. The predicted molar refractivity (Wildman–Crippen MR) is 194 cm³/mol. The van der Waals surface area contributed by atoms with Crippen LogP contribution in [0.1, 0.15) is 38.4 Å². The molecule has 3 atom stereocenters. The smallest absolute Gasteiger partial charge is 0.243 e. The molecule has 0 saturated carbocycles. The summed E-state index contributed by atoms with van der Waals surface area (Å²) >= 11 is 3.87. The van der Waals surface area contributed by atoms with Gasteiger partial charge in [0, 0.05) is 30.5 Å². The molecule has 2 heterocycles. The summed E-state index contributed by atoms with van der Waals surface area (Å²) in [5.74, 6) is -0.480. The molecular formula is C34H53IN4O8S. The number of halogens is 1. The van der Waals surface area contributed by atoms with Gasteiger partial charge in [-0.2, -0.15) is 0 Å². The number of aryl methyl sites for hydroxylation is 1. The lowest BCUT2D eigenvalue weighted by Gasteiger charge is -2.35. The number of carbonyl (C=O) groups excluding carboxylic acids is 2. The summed E-state index contributed by atoms with van der Waals surface area (Å²) in [4.78, 5) is 34.0. The number of hydrogen-bond acceptors (Lipinski definition) is 11. The van der Waals surface area contributed by atoms with Crippen LogP contribution in [0.25, 0.3) is 10.4 Å². The predicted octanol–water partition coefficient (Wildman–Crippen LogP) is 3.22. The van der Waals surface area contributed by atoms with Crippen molar-refractivity contribution in [2.45, 2.75) is 58.8 Å². The number of amides is 2. The average Bonchev–Trinajstić information content (AvgIpc) is 3.67. The van der Waals surface area contributed by atoms with Crippen LogP contribution >= 0.6 is 33.9 Å². The fourth-order valence-electron chi connectivity index (χ4n) is 5.21. The highest BCUT2D eigenvalue weighted by molar-refractivity contribution is 14.1. The Balaban J connectivity index is 1.34. The first-order chi connectivity index (χ1) is 23.1. The van der Waals surface area contributed by atoms with E-state index in [9.17, 15) is 14.7 Å². The van der Waals surface area contributed by atoms with Crippen molar-refractivity contribution in [2.75, 3.05) is 83.6 Å². The highest BCUT2D eigenvalue weighted by Gasteiger charge is 2.43. The number of carbonyl (C=O) groups is 2. The van der Waals surface area contributed by atoms with Gasteiger partial charge in [0.15, 0.2) is 0 Å². The maximum absolute atomic E-state index is 13.8. The molecule has 0 aliphatic carbocycles. The van der Waals surface area contributed by atoms with Gasteiger partial charge in [-0.25, -0.2) is 4.98 Å². The number of hydrogen-bond donors (Lipinski definition) is 3. The maximum atomic E-state index is 13.8. The first kappa shape index (κ1) is 40.7. The minimum atomic E-state index is -0.760. The molecule has 1 saturated heterocycles. The van der Waals surface area contributed by atoms with Gasteiger partial charge >= 0.3 is 0 Å². The Bertz CT molecular complexity index is 1210. The van der Waals surface area contributed by atoms with Gasteiger partial charge in [-0.3, -0.25) is 9.59 Å². The molecule has 48 heavy (non-hydrogen) atoms. The third kappa shape index (κ3) is 14.2. The van der Waals surface area contributed by atoms with Crippen molar-refractivity contribution >= 4 is 45.7 Å². The van der Waals surface area contributed by atoms with Crippen LogP contribution in [0, 0.1) is 12.3 Å². The summed E-state index contributed by atoms with van der Waals surface area (Å²) in [5.41, 5.74) is 4.43. The molecule has 14 heteroatoms. The zero-order valence-electron chi connectivity index (χ0n) is 28.7. The fraction of sp³-hybridized carbons (Fsp3) is 0.676. The highest BCUT2D eigenvalue weighted by Crippen LogP contribution is 2.28. The summed E-state index contributed by atoms with van der Waals surface area (Å²) in [7, 11) is 0. The SMILES string of the molecule is Cc1ncsc1-c1ccc(CNC(=O)C2CC(O)CN2C(=O)C(NCCOCCOCCOCCOCCOCCI)C(C)(C)C)cc1. The van der Waals surface area contributed by atoms with Gasteiger partial charge in [-0.15, -0.1) is 11.3 Å². The largest absolute Gasteiger partial charge is 0.391 e. The Morgan fingerprint density at radius 1 is 0.958 bits per heavy atom. The molecule has 0 radical (unpaired) electrons. The van der Waals surface area contributed by atoms with E-state index in [1.807, 2.05) is 57.5 Å². The summed E-state index contributed by atoms with van der Waals surface area (Å²) in [6, 6.07) is 6.70. The van der Waals surface area contributed by atoms with E-state index in [0.29, 0.717) is 72.6 Å². The van der Waals surface area contributed by atoms with Gasteiger partial charge in [0.2, 0.25) is 11.8 Å². The van der Waals surface area contributed by atoms with Crippen molar-refractivity contribution < 1.29 is 38.4 Å². The molecule has 1 fully saturated rings. The number of nitrogens with zero attached hydrogens (tertiary/aromatic N) is 2. The normalized spacial score (nSPS) is 17.2. The number of benzene rings is 1. The lowest BCUT2D eigenvalue weighted by atomic mass is 9.85. The lowest BCUT2D eigenvalue weighted by molar-refractivity contribution is -0.142. The Morgan fingerprint density at radius 2 is 1.52 bits per heavy atom. The number of ether oxygens (including phenoxy) is 5. The highest BCUT2D eigenvalue weighted by atomic mass is 127. The van der Waals surface area contributed by atoms with E-state index < -0.39 is 23.6 Å². The van der Waals surface area contributed by atoms with Crippen LogP contribution in [0.3, 0.4) is 0 Å². The number of rotatable bonds is 23. The fourth-order valence-corrected chi connectivity index (χ4v) is 6.33. The minimum absolute atomic E-state index is 0.117. The molecule has 1 aliphatic rings. The first-order valence-electron chi connectivity index (χ1n) is 16.6. The Hall–Kier alpha value is -1.76. The molecular weight excluding hydrogens is 751 g/mol. The van der Waals surface area contributed by atoms with Gasteiger partial charge in [-0.05, 0) is 23.5 Å². The molecule has 270 valence electrons. The molecule has 0 bridgehead atoms. The van der Waals surface area contributed by atoms with Gasteiger partial charge in [0.25, 0.3) is 0 Å². The van der Waals surface area contributed by atoms with E-state index >= 15 is 0 Å². The van der Waals surface area contributed by atoms with E-state index in [1.54, 1.807) is 11.3 Å². The molecule has 3 rings (SSSR count). The molecule has 1 aliphatic heterocycles. The quantitative estimate of drug-likeness (QED) is 0.0872. The number of thiazole rings is 1. The lowest BCUT2D eigenvalue weighted by Crippen LogP contribution is -2.57. The first-order valence-corrected chi connectivity index (χ1v) is 19.0. The zero-order chi connectivity index (χ0) is 34.8. The average molecular weight is 805 g/mol. The van der Waals surface area contributed by atoms with E-state index in [2.05, 4.69) is 38.2 Å². The Kier molecular flexibility index (Phi) is 18.8. The van der Waals surface area contributed by atoms with Crippen molar-refractivity contribution in [3.63, 3.8) is 0 Å². The monoisotopic (exact) mass is 804 g/mol. The number of nitrogens with one attached hydrogen (secondary N) is 2. The second kappa shape index (κ2) is 22.1. The second-order valence-corrected chi connectivity index (χ2v) is 14.5. The number of aliphatic hydroxyl groups excluding tert-OH is 1. The molecule has 0 spiro atoms. The Morgan fingerprint density at radius 3 is 2.04 bits per heavy atom. The number of aromatic nitrogens is 1. The van der Waals surface area contributed by atoms with Gasteiger partial charge < -0.3 is 44.3 Å². The summed E-state index contributed by atoms with van der Waals surface area (Å²) in [6.07, 6.45) is -0.557. The van der Waals surface area contributed by atoms with Crippen LogP contribution in [0.15, 0.2) is 29.8 Å². The van der Waals surface area contributed by atoms with Crippen LogP contribution in [0.2, 0.25) is 0 Å². The number of aliphatic hydroxyl groups is 1. The maximum Gasteiger partial charge on any atom is 0.243 e. The summed E-state index contributed by atoms with van der Waals surface area (Å²) < 4.78 is 28.5. The third-order valence-electron chi connectivity index (χ3n) is 7.71. The van der Waals surface area contributed by atoms with Crippen molar-refractivity contribution in [1.82, 2.24) is 20.5 Å². The van der Waals surface area contributed by atoms with Crippen molar-refractivity contribution in [3.05, 3.63) is 41.0 Å². The standard InChI is InChI=1S/C34H53IN4O8S/c1-25-30(48-24-38-25)27-7-5-26(6-8-27)22-37-32(41)29-21-28(40)23-39(29)33(42)31(34(2,3)4)36-10-12-44-14-16-46-18-20-47-19-17-45-15-13-43-11-9-35/h5-8,24,28-29,31,36,40H,9-23H2,1-4H3,(H,37,41).